The Morgan fingerprint density at radius 3 is 2.38 bits per heavy atom. The van der Waals surface area contributed by atoms with Gasteiger partial charge in [-0.15, -0.1) is 0 Å². The predicted molar refractivity (Wildman–Crippen MR) is 61.9 cm³/mol. The molecule has 0 aromatic carbocycles. The maximum absolute atomic E-state index is 2.38. The van der Waals surface area contributed by atoms with E-state index in [2.05, 4.69) is 39.8 Å². The molecule has 0 fully saturated rings. The average molecular weight is 182 g/mol. The number of allylic oxidation sites excluding steroid dienone is 2. The van der Waals surface area contributed by atoms with Gasteiger partial charge in [0.25, 0.3) is 0 Å². The van der Waals surface area contributed by atoms with E-state index < -0.39 is 0 Å². The quantitative estimate of drug-likeness (QED) is 0.496. The van der Waals surface area contributed by atoms with Gasteiger partial charge in [-0.2, -0.15) is 0 Å². The van der Waals surface area contributed by atoms with Gasteiger partial charge in [-0.3, -0.25) is 0 Å². The van der Waals surface area contributed by atoms with Crippen molar-refractivity contribution in [2.24, 2.45) is 11.8 Å². The second-order valence-corrected chi connectivity index (χ2v) is 4.30. The molecule has 0 aliphatic heterocycles. The standard InChI is InChI=1S/C13H26/c1-5-7-9-12(3)11-13(4)10-8-6-2/h7,9,12-13H,5-6,8,10-11H2,1-4H3/b9-7+. The Morgan fingerprint density at radius 1 is 1.15 bits per heavy atom. The summed E-state index contributed by atoms with van der Waals surface area (Å²) in [5.41, 5.74) is 0. The summed E-state index contributed by atoms with van der Waals surface area (Å²) < 4.78 is 0. The Labute approximate surface area is 84.4 Å². The highest BCUT2D eigenvalue weighted by Crippen LogP contribution is 2.18. The van der Waals surface area contributed by atoms with Gasteiger partial charge in [-0.25, -0.2) is 0 Å². The summed E-state index contributed by atoms with van der Waals surface area (Å²) in [5, 5.41) is 0. The topological polar surface area (TPSA) is 0 Å². The van der Waals surface area contributed by atoms with Crippen molar-refractivity contribution in [3.63, 3.8) is 0 Å². The van der Waals surface area contributed by atoms with Crippen LogP contribution >= 0.6 is 0 Å². The zero-order valence-corrected chi connectivity index (χ0v) is 9.84. The molecular formula is C13H26. The van der Waals surface area contributed by atoms with E-state index in [0.29, 0.717) is 0 Å². The first-order chi connectivity index (χ1) is 6.20. The molecule has 78 valence electrons. The van der Waals surface area contributed by atoms with Crippen LogP contribution in [0, 0.1) is 11.8 Å². The highest BCUT2D eigenvalue weighted by atomic mass is 14.1. The van der Waals surface area contributed by atoms with E-state index in [1.165, 1.54) is 32.1 Å². The zero-order chi connectivity index (χ0) is 10.1. The molecule has 2 atom stereocenters. The maximum Gasteiger partial charge on any atom is -0.0259 e. The van der Waals surface area contributed by atoms with Gasteiger partial charge in [0.1, 0.15) is 0 Å². The molecule has 2 unspecified atom stereocenters. The summed E-state index contributed by atoms with van der Waals surface area (Å²) >= 11 is 0. The predicted octanol–water partition coefficient (Wildman–Crippen LogP) is 4.81. The van der Waals surface area contributed by atoms with Crippen LogP contribution in [0.5, 0.6) is 0 Å². The summed E-state index contributed by atoms with van der Waals surface area (Å²) in [6.07, 6.45) is 11.3. The van der Waals surface area contributed by atoms with Crippen molar-refractivity contribution in [2.45, 2.75) is 59.8 Å². The molecule has 0 aromatic rings. The lowest BCUT2D eigenvalue weighted by Crippen LogP contribution is -2.00. The Bertz CT molecular complexity index is 124. The van der Waals surface area contributed by atoms with Crippen LogP contribution < -0.4 is 0 Å². The lowest BCUT2D eigenvalue weighted by molar-refractivity contribution is 0.424. The van der Waals surface area contributed by atoms with Crippen LogP contribution in [0.25, 0.3) is 0 Å². The minimum atomic E-state index is 0.770. The Morgan fingerprint density at radius 2 is 1.85 bits per heavy atom. The van der Waals surface area contributed by atoms with Gasteiger partial charge in [-0.05, 0) is 24.7 Å². The SMILES string of the molecule is CC/C=C/C(C)CC(C)CCCC. The molecule has 0 amide bonds. The van der Waals surface area contributed by atoms with E-state index in [9.17, 15) is 0 Å². The number of hydrogen-bond acceptors (Lipinski definition) is 0. The van der Waals surface area contributed by atoms with Crippen LogP contribution in [0.4, 0.5) is 0 Å². The molecule has 0 N–H and O–H groups in total. The summed E-state index contributed by atoms with van der Waals surface area (Å²) in [7, 11) is 0. The Balaban J connectivity index is 3.52. The minimum Gasteiger partial charge on any atom is -0.0885 e. The van der Waals surface area contributed by atoms with Crippen molar-refractivity contribution in [1.29, 1.82) is 0 Å². The molecule has 0 saturated heterocycles. The number of rotatable bonds is 7. The van der Waals surface area contributed by atoms with E-state index in [1.807, 2.05) is 0 Å². The molecule has 0 radical (unpaired) electrons. The van der Waals surface area contributed by atoms with E-state index in [1.54, 1.807) is 0 Å². The minimum absolute atomic E-state index is 0.770. The van der Waals surface area contributed by atoms with Gasteiger partial charge in [0.15, 0.2) is 0 Å². The first kappa shape index (κ1) is 12.7. The molecule has 0 heterocycles. The largest absolute Gasteiger partial charge is 0.0885 e. The number of hydrogen-bond donors (Lipinski definition) is 0. The van der Waals surface area contributed by atoms with E-state index in [0.717, 1.165) is 11.8 Å². The molecule has 0 bridgehead atoms. The van der Waals surface area contributed by atoms with Crippen LogP contribution in [0.15, 0.2) is 12.2 Å². The van der Waals surface area contributed by atoms with Crippen LogP contribution in [0.2, 0.25) is 0 Å². The van der Waals surface area contributed by atoms with E-state index in [4.69, 9.17) is 0 Å². The van der Waals surface area contributed by atoms with Gasteiger partial charge < -0.3 is 0 Å². The number of unbranched alkanes of at least 4 members (excludes halogenated alkanes) is 1. The van der Waals surface area contributed by atoms with Gasteiger partial charge in [0.2, 0.25) is 0 Å². The summed E-state index contributed by atoms with van der Waals surface area (Å²) in [6.45, 7) is 9.18. The lowest BCUT2D eigenvalue weighted by Gasteiger charge is -2.13. The van der Waals surface area contributed by atoms with Crippen LogP contribution in [-0.4, -0.2) is 0 Å². The van der Waals surface area contributed by atoms with Gasteiger partial charge >= 0.3 is 0 Å². The lowest BCUT2D eigenvalue weighted by atomic mass is 9.93. The van der Waals surface area contributed by atoms with Crippen molar-refractivity contribution < 1.29 is 0 Å². The van der Waals surface area contributed by atoms with E-state index in [-0.39, 0.29) is 0 Å². The first-order valence-corrected chi connectivity index (χ1v) is 5.87. The molecule has 0 spiro atoms. The molecule has 0 aliphatic rings. The van der Waals surface area contributed by atoms with Gasteiger partial charge in [-0.1, -0.05) is 59.1 Å². The zero-order valence-electron chi connectivity index (χ0n) is 9.84. The van der Waals surface area contributed by atoms with Crippen LogP contribution in [0.3, 0.4) is 0 Å². The van der Waals surface area contributed by atoms with Crippen molar-refractivity contribution in [3.05, 3.63) is 12.2 Å². The third-order valence-electron chi connectivity index (χ3n) is 2.52. The molecule has 0 aliphatic carbocycles. The maximum atomic E-state index is 2.38. The molecule has 13 heavy (non-hydrogen) atoms. The third kappa shape index (κ3) is 8.08. The van der Waals surface area contributed by atoms with Gasteiger partial charge in [0, 0.05) is 0 Å². The second kappa shape index (κ2) is 8.34. The monoisotopic (exact) mass is 182 g/mol. The molecule has 0 saturated carbocycles. The van der Waals surface area contributed by atoms with Crippen molar-refractivity contribution in [2.75, 3.05) is 0 Å². The smallest absolute Gasteiger partial charge is 0.0259 e. The molecule has 0 rings (SSSR count). The fraction of sp³-hybridized carbons (Fsp3) is 0.846. The van der Waals surface area contributed by atoms with Gasteiger partial charge in [0.05, 0.1) is 0 Å². The van der Waals surface area contributed by atoms with Crippen LogP contribution in [-0.2, 0) is 0 Å². The normalized spacial score (nSPS) is 16.3. The molecule has 0 heteroatoms. The average Bonchev–Trinajstić information content (AvgIpc) is 2.11. The van der Waals surface area contributed by atoms with Crippen molar-refractivity contribution in [1.82, 2.24) is 0 Å². The first-order valence-electron chi connectivity index (χ1n) is 5.87. The van der Waals surface area contributed by atoms with Crippen LogP contribution in [0.1, 0.15) is 59.8 Å². The highest BCUT2D eigenvalue weighted by molar-refractivity contribution is 4.85. The van der Waals surface area contributed by atoms with Crippen molar-refractivity contribution in [3.8, 4) is 0 Å². The van der Waals surface area contributed by atoms with Crippen molar-refractivity contribution >= 4 is 0 Å². The summed E-state index contributed by atoms with van der Waals surface area (Å²) in [5.74, 6) is 1.67. The van der Waals surface area contributed by atoms with E-state index >= 15 is 0 Å². The summed E-state index contributed by atoms with van der Waals surface area (Å²) in [6, 6.07) is 0. The fourth-order valence-electron chi connectivity index (χ4n) is 1.75. The Hall–Kier alpha value is -0.260. The fourth-order valence-corrected chi connectivity index (χ4v) is 1.75. The Kier molecular flexibility index (Phi) is 8.18. The highest BCUT2D eigenvalue weighted by Gasteiger charge is 2.05. The summed E-state index contributed by atoms with van der Waals surface area (Å²) in [4.78, 5) is 0. The molecule has 0 aromatic heterocycles. The second-order valence-electron chi connectivity index (χ2n) is 4.30. The third-order valence-corrected chi connectivity index (χ3v) is 2.52. The molecular weight excluding hydrogens is 156 g/mol. The molecule has 0 nitrogen and oxygen atoms in total.